The first-order valence-electron chi connectivity index (χ1n) is 9.40. The van der Waals surface area contributed by atoms with Gasteiger partial charge in [-0.1, -0.05) is 0 Å². The van der Waals surface area contributed by atoms with Gasteiger partial charge in [0.1, 0.15) is 0 Å². The van der Waals surface area contributed by atoms with Crippen molar-refractivity contribution in [3.63, 3.8) is 0 Å². The maximum absolute atomic E-state index is 10.6. The number of benzene rings is 1. The molecule has 27 heavy (non-hydrogen) atoms. The number of amides is 1. The highest BCUT2D eigenvalue weighted by Crippen LogP contribution is 2.28. The minimum atomic E-state index is -0.978. The number of rotatable bonds is 8. The number of hydrogen-bond acceptors (Lipinski definition) is 6. The number of nitrogens with zero attached hydrogens (tertiary/aromatic N) is 2. The van der Waals surface area contributed by atoms with Gasteiger partial charge in [0.2, 0.25) is 0 Å². The largest absolute Gasteiger partial charge is 0.465 e. The maximum Gasteiger partial charge on any atom is 0.404 e. The van der Waals surface area contributed by atoms with Gasteiger partial charge in [0.25, 0.3) is 0 Å². The topological polar surface area (TPSA) is 110 Å². The van der Waals surface area contributed by atoms with Gasteiger partial charge in [0.15, 0.2) is 0 Å². The lowest BCUT2D eigenvalue weighted by Crippen LogP contribution is -2.66. The molecule has 1 aromatic carbocycles. The molecule has 8 nitrogen and oxygen atoms in total. The number of nitriles is 1. The normalized spacial score (nSPS) is 24.8. The zero-order valence-electron chi connectivity index (χ0n) is 15.4. The van der Waals surface area contributed by atoms with Crippen molar-refractivity contribution >= 4 is 11.8 Å². The van der Waals surface area contributed by atoms with Gasteiger partial charge in [0, 0.05) is 51.5 Å². The summed E-state index contributed by atoms with van der Waals surface area (Å²) in [6, 6.07) is 9.58. The van der Waals surface area contributed by atoms with Gasteiger partial charge in [-0.15, -0.1) is 0 Å². The van der Waals surface area contributed by atoms with Crippen LogP contribution in [0.15, 0.2) is 24.3 Å². The number of carboxylic acid groups (broad SMARTS) is 1. The van der Waals surface area contributed by atoms with E-state index in [1.54, 1.807) is 0 Å². The highest BCUT2D eigenvalue weighted by molar-refractivity contribution is 5.64. The summed E-state index contributed by atoms with van der Waals surface area (Å²) < 4.78 is 6.35. The van der Waals surface area contributed by atoms with Crippen molar-refractivity contribution in [2.75, 3.05) is 51.1 Å². The Labute approximate surface area is 159 Å². The van der Waals surface area contributed by atoms with Gasteiger partial charge in [-0.25, -0.2) is 4.79 Å². The van der Waals surface area contributed by atoms with E-state index in [9.17, 15) is 4.79 Å². The average molecular weight is 373 g/mol. The van der Waals surface area contributed by atoms with Crippen LogP contribution in [0.4, 0.5) is 10.5 Å². The number of hydrogen-bond donors (Lipinski definition) is 4. The molecule has 2 fully saturated rings. The van der Waals surface area contributed by atoms with E-state index in [0.29, 0.717) is 18.7 Å². The Morgan fingerprint density at radius 1 is 1.41 bits per heavy atom. The van der Waals surface area contributed by atoms with Gasteiger partial charge >= 0.3 is 6.09 Å². The smallest absolute Gasteiger partial charge is 0.404 e. The Morgan fingerprint density at radius 2 is 2.22 bits per heavy atom. The van der Waals surface area contributed by atoms with Gasteiger partial charge in [0.05, 0.1) is 23.3 Å². The molecule has 0 radical (unpaired) electrons. The molecule has 146 valence electrons. The fourth-order valence-electron chi connectivity index (χ4n) is 3.88. The van der Waals surface area contributed by atoms with E-state index in [1.165, 1.54) is 0 Å². The summed E-state index contributed by atoms with van der Waals surface area (Å²) in [6.45, 7) is 5.29. The van der Waals surface area contributed by atoms with E-state index >= 15 is 0 Å². The molecule has 0 aliphatic carbocycles. The summed E-state index contributed by atoms with van der Waals surface area (Å²) in [5, 5.41) is 26.9. The maximum atomic E-state index is 10.6. The first kappa shape index (κ1) is 19.4. The van der Waals surface area contributed by atoms with Crippen LogP contribution in [-0.2, 0) is 4.74 Å². The van der Waals surface area contributed by atoms with Crippen LogP contribution < -0.4 is 16.0 Å². The van der Waals surface area contributed by atoms with Crippen molar-refractivity contribution in [1.82, 2.24) is 15.5 Å². The van der Waals surface area contributed by atoms with Crippen molar-refractivity contribution in [1.29, 1.82) is 5.26 Å². The molecule has 8 heteroatoms. The fourth-order valence-corrected chi connectivity index (χ4v) is 3.88. The van der Waals surface area contributed by atoms with Crippen LogP contribution in [0, 0.1) is 11.3 Å². The first-order valence-corrected chi connectivity index (χ1v) is 9.40. The molecule has 2 atom stereocenters. The molecular weight excluding hydrogens is 346 g/mol. The molecular formula is C19H27N5O3. The summed E-state index contributed by atoms with van der Waals surface area (Å²) >= 11 is 0. The molecule has 2 aliphatic rings. The SMILES string of the molecule is N#Cc1ccc(NCCCC23CNCC(CN(CCNC(=O)O)C2)O3)cc1. The van der Waals surface area contributed by atoms with Crippen LogP contribution in [0.5, 0.6) is 0 Å². The standard InChI is InChI=1S/C19H27N5O3/c20-10-15-2-4-16(5-3-15)22-7-1-6-19-13-21-11-17(27-19)12-24(14-19)9-8-23-18(25)26/h2-5,17,21-23H,1,6-9,11-14H2,(H,25,26). The van der Waals surface area contributed by atoms with Crippen LogP contribution in [0.25, 0.3) is 0 Å². The number of ether oxygens (including phenoxy) is 1. The number of morpholine rings is 2. The second kappa shape index (κ2) is 9.04. The van der Waals surface area contributed by atoms with Gasteiger partial charge < -0.3 is 25.8 Å². The average Bonchev–Trinajstić information content (AvgIpc) is 2.65. The van der Waals surface area contributed by atoms with E-state index in [4.69, 9.17) is 15.1 Å². The van der Waals surface area contributed by atoms with Gasteiger partial charge in [-0.3, -0.25) is 4.90 Å². The van der Waals surface area contributed by atoms with Gasteiger partial charge in [-0.05, 0) is 37.1 Å². The summed E-state index contributed by atoms with van der Waals surface area (Å²) in [5.41, 5.74) is 1.46. The van der Waals surface area contributed by atoms with E-state index < -0.39 is 6.09 Å². The minimum absolute atomic E-state index is 0.156. The zero-order chi connectivity index (χ0) is 19.1. The van der Waals surface area contributed by atoms with Crippen molar-refractivity contribution in [3.8, 4) is 6.07 Å². The molecule has 1 aromatic rings. The second-order valence-electron chi connectivity index (χ2n) is 7.24. The third-order valence-corrected chi connectivity index (χ3v) is 5.07. The van der Waals surface area contributed by atoms with E-state index in [2.05, 4.69) is 26.9 Å². The van der Waals surface area contributed by atoms with Crippen LogP contribution >= 0.6 is 0 Å². The molecule has 1 amide bonds. The molecule has 2 bridgehead atoms. The molecule has 0 saturated carbocycles. The Bertz CT molecular complexity index is 675. The summed E-state index contributed by atoms with van der Waals surface area (Å²) in [4.78, 5) is 12.9. The highest BCUT2D eigenvalue weighted by Gasteiger charge is 2.42. The monoisotopic (exact) mass is 373 g/mol. The highest BCUT2D eigenvalue weighted by atomic mass is 16.5. The van der Waals surface area contributed by atoms with Crippen molar-refractivity contribution in [2.45, 2.75) is 24.5 Å². The van der Waals surface area contributed by atoms with Crippen molar-refractivity contribution in [2.24, 2.45) is 0 Å². The quantitative estimate of drug-likeness (QED) is 0.505. The Morgan fingerprint density at radius 3 is 2.96 bits per heavy atom. The molecule has 0 aromatic heterocycles. The summed E-state index contributed by atoms with van der Waals surface area (Å²) in [7, 11) is 0. The van der Waals surface area contributed by atoms with Crippen molar-refractivity contribution < 1.29 is 14.6 Å². The molecule has 2 unspecified atom stereocenters. The van der Waals surface area contributed by atoms with Gasteiger partial charge in [-0.2, -0.15) is 5.26 Å². The lowest BCUT2D eigenvalue weighted by atomic mass is 9.91. The lowest BCUT2D eigenvalue weighted by molar-refractivity contribution is -0.174. The van der Waals surface area contributed by atoms with E-state index in [0.717, 1.165) is 51.3 Å². The van der Waals surface area contributed by atoms with E-state index in [-0.39, 0.29) is 11.7 Å². The van der Waals surface area contributed by atoms with Crippen LogP contribution in [-0.4, -0.2) is 73.6 Å². The Hall–Kier alpha value is -2.34. The Kier molecular flexibility index (Phi) is 6.50. The number of nitrogens with one attached hydrogen (secondary N) is 3. The minimum Gasteiger partial charge on any atom is -0.465 e. The van der Waals surface area contributed by atoms with Crippen LogP contribution in [0.1, 0.15) is 18.4 Å². The third kappa shape index (κ3) is 5.57. The first-order chi connectivity index (χ1) is 13.1. The number of carbonyl (C=O) groups is 1. The Balaban J connectivity index is 1.46. The predicted molar refractivity (Wildman–Crippen MR) is 102 cm³/mol. The van der Waals surface area contributed by atoms with Crippen LogP contribution in [0.2, 0.25) is 0 Å². The van der Waals surface area contributed by atoms with Crippen LogP contribution in [0.3, 0.4) is 0 Å². The molecule has 2 saturated heterocycles. The summed E-state index contributed by atoms with van der Waals surface area (Å²) in [6.07, 6.45) is 1.08. The fraction of sp³-hybridized carbons (Fsp3) is 0.579. The molecule has 2 heterocycles. The number of fused-ring (bicyclic) bond motifs is 2. The summed E-state index contributed by atoms with van der Waals surface area (Å²) in [5.74, 6) is 0. The van der Waals surface area contributed by atoms with E-state index in [1.807, 2.05) is 24.3 Å². The molecule has 3 rings (SSSR count). The molecule has 4 N–H and O–H groups in total. The number of anilines is 1. The second-order valence-corrected chi connectivity index (χ2v) is 7.24. The predicted octanol–water partition coefficient (Wildman–Crippen LogP) is 1.06. The molecule has 2 aliphatic heterocycles. The zero-order valence-corrected chi connectivity index (χ0v) is 15.4. The lowest BCUT2D eigenvalue weighted by Gasteiger charge is -2.50. The molecule has 0 spiro atoms. The van der Waals surface area contributed by atoms with Crippen molar-refractivity contribution in [3.05, 3.63) is 29.8 Å². The third-order valence-electron chi connectivity index (χ3n) is 5.07.